The van der Waals surface area contributed by atoms with Gasteiger partial charge in [-0.2, -0.15) is 5.10 Å². The van der Waals surface area contributed by atoms with Crippen molar-refractivity contribution in [3.8, 4) is 0 Å². The van der Waals surface area contributed by atoms with Crippen LogP contribution in [-0.4, -0.2) is 27.8 Å². The third-order valence-electron chi connectivity index (χ3n) is 4.74. The summed E-state index contributed by atoms with van der Waals surface area (Å²) in [5, 5.41) is 7.88. The highest BCUT2D eigenvalue weighted by molar-refractivity contribution is 7.17. The topological polar surface area (TPSA) is 73.2 Å². The van der Waals surface area contributed by atoms with Crippen LogP contribution in [0.3, 0.4) is 0 Å². The number of anilines is 1. The number of aromatic nitrogens is 2. The van der Waals surface area contributed by atoms with Gasteiger partial charge in [0, 0.05) is 17.6 Å². The molecule has 0 saturated carbocycles. The van der Waals surface area contributed by atoms with Crippen molar-refractivity contribution >= 4 is 39.8 Å². The van der Waals surface area contributed by atoms with E-state index in [-0.39, 0.29) is 17.8 Å². The number of nitrogens with zero attached hydrogens (tertiary/aromatic N) is 2. The lowest BCUT2D eigenvalue weighted by Crippen LogP contribution is -2.19. The van der Waals surface area contributed by atoms with E-state index in [2.05, 4.69) is 10.4 Å². The first kappa shape index (κ1) is 19.9. The standard InChI is InChI=1S/C19H24ClN3O3S/c1-4-11(3)26-19(25)15-12-8-6-7-9-14(12)27-18(15)21-17(24)16-13(20)10-23(5-2)22-16/h10-11H,4-9H2,1-3H3,(H,21,24). The van der Waals surface area contributed by atoms with Crippen LogP contribution in [0.1, 0.15) is 71.3 Å². The number of thiophene rings is 1. The summed E-state index contributed by atoms with van der Waals surface area (Å²) in [7, 11) is 0. The van der Waals surface area contributed by atoms with E-state index in [1.54, 1.807) is 10.9 Å². The van der Waals surface area contributed by atoms with Gasteiger partial charge in [-0.15, -0.1) is 11.3 Å². The maximum atomic E-state index is 12.8. The first-order valence-electron chi connectivity index (χ1n) is 9.34. The molecule has 3 rings (SSSR count). The Morgan fingerprint density at radius 1 is 1.37 bits per heavy atom. The second-order valence-corrected chi connectivity index (χ2v) is 8.19. The number of esters is 1. The van der Waals surface area contributed by atoms with Crippen LogP contribution < -0.4 is 5.32 Å². The third kappa shape index (κ3) is 4.19. The molecule has 8 heteroatoms. The second kappa shape index (κ2) is 8.44. The zero-order valence-corrected chi connectivity index (χ0v) is 17.4. The van der Waals surface area contributed by atoms with Crippen LogP contribution >= 0.6 is 22.9 Å². The number of hydrogen-bond acceptors (Lipinski definition) is 5. The maximum absolute atomic E-state index is 12.8. The minimum absolute atomic E-state index is 0.158. The van der Waals surface area contributed by atoms with Gasteiger partial charge < -0.3 is 10.1 Å². The third-order valence-corrected chi connectivity index (χ3v) is 6.23. The summed E-state index contributed by atoms with van der Waals surface area (Å²) in [4.78, 5) is 26.7. The van der Waals surface area contributed by atoms with Crippen molar-refractivity contribution in [1.82, 2.24) is 9.78 Å². The molecule has 2 heterocycles. The molecule has 1 N–H and O–H groups in total. The molecule has 146 valence electrons. The fourth-order valence-electron chi connectivity index (χ4n) is 3.07. The molecule has 1 atom stereocenters. The van der Waals surface area contributed by atoms with Crippen LogP contribution in [0.2, 0.25) is 5.02 Å². The summed E-state index contributed by atoms with van der Waals surface area (Å²) >= 11 is 7.60. The lowest BCUT2D eigenvalue weighted by molar-refractivity contribution is 0.0335. The van der Waals surface area contributed by atoms with E-state index in [1.165, 1.54) is 11.3 Å². The highest BCUT2D eigenvalue weighted by atomic mass is 35.5. The van der Waals surface area contributed by atoms with Gasteiger partial charge in [0.15, 0.2) is 5.69 Å². The summed E-state index contributed by atoms with van der Waals surface area (Å²) < 4.78 is 7.16. The van der Waals surface area contributed by atoms with Crippen LogP contribution in [0.25, 0.3) is 0 Å². The van der Waals surface area contributed by atoms with E-state index in [9.17, 15) is 9.59 Å². The van der Waals surface area contributed by atoms with Crippen LogP contribution in [0.15, 0.2) is 6.20 Å². The van der Waals surface area contributed by atoms with Crippen molar-refractivity contribution in [1.29, 1.82) is 0 Å². The van der Waals surface area contributed by atoms with Crippen molar-refractivity contribution in [2.45, 2.75) is 65.5 Å². The van der Waals surface area contributed by atoms with Gasteiger partial charge in [0.05, 0.1) is 16.7 Å². The average molecular weight is 410 g/mol. The summed E-state index contributed by atoms with van der Waals surface area (Å²) in [6, 6.07) is 0. The van der Waals surface area contributed by atoms with Crippen molar-refractivity contribution in [2.24, 2.45) is 0 Å². The molecule has 1 aliphatic carbocycles. The molecule has 1 unspecified atom stereocenters. The second-order valence-electron chi connectivity index (χ2n) is 6.67. The number of carbonyl (C=O) groups excluding carboxylic acids is 2. The molecule has 0 radical (unpaired) electrons. The Balaban J connectivity index is 1.92. The van der Waals surface area contributed by atoms with E-state index in [0.717, 1.165) is 42.5 Å². The Morgan fingerprint density at radius 3 is 2.78 bits per heavy atom. The molecule has 27 heavy (non-hydrogen) atoms. The molecule has 2 aromatic rings. The normalized spacial score (nSPS) is 14.5. The maximum Gasteiger partial charge on any atom is 0.341 e. The Morgan fingerprint density at radius 2 is 2.11 bits per heavy atom. The van der Waals surface area contributed by atoms with Gasteiger partial charge in [0.1, 0.15) is 5.00 Å². The summed E-state index contributed by atoms with van der Waals surface area (Å²) in [6.07, 6.45) is 6.07. The van der Waals surface area contributed by atoms with Gasteiger partial charge in [-0.25, -0.2) is 4.79 Å². The Bertz CT molecular complexity index is 859. The highest BCUT2D eigenvalue weighted by Crippen LogP contribution is 2.39. The highest BCUT2D eigenvalue weighted by Gasteiger charge is 2.29. The Labute approximate surface area is 167 Å². The number of nitrogens with one attached hydrogen (secondary N) is 1. The van der Waals surface area contributed by atoms with Crippen LogP contribution in [0.5, 0.6) is 0 Å². The monoisotopic (exact) mass is 409 g/mol. The van der Waals surface area contributed by atoms with Gasteiger partial charge in [-0.3, -0.25) is 9.48 Å². The lowest BCUT2D eigenvalue weighted by Gasteiger charge is -2.15. The number of aryl methyl sites for hydroxylation is 2. The molecule has 0 spiro atoms. The molecule has 0 aromatic carbocycles. The molecule has 2 aromatic heterocycles. The van der Waals surface area contributed by atoms with E-state index in [1.807, 2.05) is 20.8 Å². The SMILES string of the molecule is CCC(C)OC(=O)c1c(NC(=O)c2nn(CC)cc2Cl)sc2c1CCCC2. The largest absolute Gasteiger partial charge is 0.459 e. The van der Waals surface area contributed by atoms with Crippen molar-refractivity contribution in [3.05, 3.63) is 32.9 Å². The Hall–Kier alpha value is -1.86. The van der Waals surface area contributed by atoms with Gasteiger partial charge in [0.2, 0.25) is 0 Å². The fraction of sp³-hybridized carbons (Fsp3) is 0.526. The number of hydrogen-bond donors (Lipinski definition) is 1. The van der Waals surface area contributed by atoms with E-state index in [0.29, 0.717) is 22.1 Å². The smallest absolute Gasteiger partial charge is 0.341 e. The van der Waals surface area contributed by atoms with Crippen LogP contribution in [-0.2, 0) is 24.1 Å². The quantitative estimate of drug-likeness (QED) is 0.701. The minimum atomic E-state index is -0.414. The van der Waals surface area contributed by atoms with E-state index >= 15 is 0 Å². The first-order valence-corrected chi connectivity index (χ1v) is 10.5. The number of halogens is 1. The summed E-state index contributed by atoms with van der Waals surface area (Å²) in [6.45, 7) is 6.37. The van der Waals surface area contributed by atoms with E-state index < -0.39 is 5.91 Å². The molecular weight excluding hydrogens is 386 g/mol. The van der Waals surface area contributed by atoms with Gasteiger partial charge in [0.25, 0.3) is 5.91 Å². The van der Waals surface area contributed by atoms with Gasteiger partial charge in [-0.05, 0) is 51.5 Å². The predicted octanol–water partition coefficient (Wildman–Crippen LogP) is 4.70. The molecule has 1 aliphatic rings. The van der Waals surface area contributed by atoms with Gasteiger partial charge in [-0.1, -0.05) is 18.5 Å². The zero-order chi connectivity index (χ0) is 19.6. The number of carbonyl (C=O) groups is 2. The van der Waals surface area contributed by atoms with Crippen LogP contribution in [0, 0.1) is 0 Å². The van der Waals surface area contributed by atoms with Gasteiger partial charge >= 0.3 is 5.97 Å². The predicted molar refractivity (Wildman–Crippen MR) is 107 cm³/mol. The van der Waals surface area contributed by atoms with Crippen molar-refractivity contribution in [2.75, 3.05) is 5.32 Å². The number of amides is 1. The van der Waals surface area contributed by atoms with Crippen LogP contribution in [0.4, 0.5) is 5.00 Å². The molecule has 6 nitrogen and oxygen atoms in total. The average Bonchev–Trinajstić information content (AvgIpc) is 3.21. The summed E-state index contributed by atoms with van der Waals surface area (Å²) in [5.74, 6) is -0.785. The molecular formula is C19H24ClN3O3S. The number of fused-ring (bicyclic) bond motifs is 1. The minimum Gasteiger partial charge on any atom is -0.459 e. The zero-order valence-electron chi connectivity index (χ0n) is 15.8. The molecule has 0 fully saturated rings. The lowest BCUT2D eigenvalue weighted by atomic mass is 9.95. The van der Waals surface area contributed by atoms with Crippen molar-refractivity contribution in [3.63, 3.8) is 0 Å². The fourth-order valence-corrected chi connectivity index (χ4v) is 4.58. The van der Waals surface area contributed by atoms with E-state index in [4.69, 9.17) is 16.3 Å². The van der Waals surface area contributed by atoms with Crippen molar-refractivity contribution < 1.29 is 14.3 Å². The molecule has 0 aliphatic heterocycles. The number of ether oxygens (including phenoxy) is 1. The molecule has 0 bridgehead atoms. The molecule has 0 saturated heterocycles. The molecule has 1 amide bonds. The summed E-state index contributed by atoms with van der Waals surface area (Å²) in [5.41, 5.74) is 1.67. The Kier molecular flexibility index (Phi) is 6.22. The number of rotatable bonds is 6. The first-order chi connectivity index (χ1) is 12.9.